The molecule has 0 amide bonds. The average molecular weight is 323 g/mol. The summed E-state index contributed by atoms with van der Waals surface area (Å²) in [7, 11) is -3.41. The zero-order valence-electron chi connectivity index (χ0n) is 10.9. The van der Waals surface area contributed by atoms with E-state index in [1.54, 1.807) is 6.92 Å². The van der Waals surface area contributed by atoms with Gasteiger partial charge in [-0.1, -0.05) is 12.8 Å². The summed E-state index contributed by atoms with van der Waals surface area (Å²) in [5, 5.41) is 0.761. The Bertz CT molecular complexity index is 516. The molecule has 1 N–H and O–H groups in total. The summed E-state index contributed by atoms with van der Waals surface area (Å²) in [6, 6.07) is 0. The van der Waals surface area contributed by atoms with Gasteiger partial charge < -0.3 is 0 Å². The SMILES string of the molecule is Cc1ncc(S(=O)(=O)NCC2CCCCC2CCl)s1. The minimum atomic E-state index is -3.41. The summed E-state index contributed by atoms with van der Waals surface area (Å²) < 4.78 is 27.2. The van der Waals surface area contributed by atoms with Crippen LogP contribution in [-0.4, -0.2) is 25.8 Å². The highest BCUT2D eigenvalue weighted by molar-refractivity contribution is 7.91. The standard InChI is InChI=1S/C12H19ClN2O2S2/c1-9-14-8-12(18-9)19(16,17)15-7-11-5-3-2-4-10(11)6-13/h8,10-11,15H,2-7H2,1H3. The number of rotatable bonds is 5. The van der Waals surface area contributed by atoms with E-state index in [2.05, 4.69) is 9.71 Å². The number of sulfonamides is 1. The number of nitrogens with zero attached hydrogens (tertiary/aromatic N) is 1. The maximum atomic E-state index is 12.1. The van der Waals surface area contributed by atoms with Crippen molar-refractivity contribution < 1.29 is 8.42 Å². The smallest absolute Gasteiger partial charge is 0.249 e. The molecule has 1 aromatic rings. The fourth-order valence-electron chi connectivity index (χ4n) is 2.51. The Labute approximate surface area is 123 Å². The number of aromatic nitrogens is 1. The molecule has 1 heterocycles. The molecule has 108 valence electrons. The third-order valence-corrected chi connectivity index (χ3v) is 6.86. The topological polar surface area (TPSA) is 59.1 Å². The molecule has 1 aliphatic carbocycles. The van der Waals surface area contributed by atoms with Crippen molar-refractivity contribution >= 4 is 33.0 Å². The van der Waals surface area contributed by atoms with E-state index in [4.69, 9.17) is 11.6 Å². The van der Waals surface area contributed by atoms with E-state index in [1.807, 2.05) is 0 Å². The highest BCUT2D eigenvalue weighted by atomic mass is 35.5. The lowest BCUT2D eigenvalue weighted by atomic mass is 9.80. The van der Waals surface area contributed by atoms with Gasteiger partial charge in [0.05, 0.1) is 11.2 Å². The Balaban J connectivity index is 1.97. The van der Waals surface area contributed by atoms with Crippen LogP contribution < -0.4 is 4.72 Å². The molecule has 0 radical (unpaired) electrons. The van der Waals surface area contributed by atoms with E-state index in [-0.39, 0.29) is 0 Å². The highest BCUT2D eigenvalue weighted by Crippen LogP contribution is 2.30. The monoisotopic (exact) mass is 322 g/mol. The van der Waals surface area contributed by atoms with E-state index in [0.29, 0.717) is 28.5 Å². The van der Waals surface area contributed by atoms with Crippen LogP contribution in [0, 0.1) is 18.8 Å². The van der Waals surface area contributed by atoms with Gasteiger partial charge in [-0.05, 0) is 31.6 Å². The first-order valence-corrected chi connectivity index (χ1v) is 9.34. The first kappa shape index (κ1) is 15.2. The zero-order valence-corrected chi connectivity index (χ0v) is 13.3. The molecule has 0 aromatic carbocycles. The minimum Gasteiger partial charge on any atom is -0.249 e. The van der Waals surface area contributed by atoms with E-state index in [0.717, 1.165) is 17.8 Å². The van der Waals surface area contributed by atoms with Gasteiger partial charge in [-0.15, -0.1) is 22.9 Å². The summed E-state index contributed by atoms with van der Waals surface area (Å²) in [6.07, 6.45) is 5.95. The van der Waals surface area contributed by atoms with Crippen molar-refractivity contribution in [1.29, 1.82) is 0 Å². The molecule has 7 heteroatoms. The largest absolute Gasteiger partial charge is 0.251 e. The third kappa shape index (κ3) is 3.90. The lowest BCUT2D eigenvalue weighted by Crippen LogP contribution is -2.34. The first-order valence-electron chi connectivity index (χ1n) is 6.51. The van der Waals surface area contributed by atoms with Crippen molar-refractivity contribution in [3.63, 3.8) is 0 Å². The second kappa shape index (κ2) is 6.52. The number of halogens is 1. The Morgan fingerprint density at radius 3 is 2.68 bits per heavy atom. The molecule has 0 saturated heterocycles. The van der Waals surface area contributed by atoms with Gasteiger partial charge in [0.2, 0.25) is 0 Å². The number of nitrogens with one attached hydrogen (secondary N) is 1. The highest BCUT2D eigenvalue weighted by Gasteiger charge is 2.26. The number of thiazole rings is 1. The minimum absolute atomic E-state index is 0.295. The maximum Gasteiger partial charge on any atom is 0.251 e. The predicted molar refractivity (Wildman–Crippen MR) is 78.2 cm³/mol. The van der Waals surface area contributed by atoms with Gasteiger partial charge in [0.25, 0.3) is 10.0 Å². The lowest BCUT2D eigenvalue weighted by molar-refractivity contribution is 0.260. The Hall–Kier alpha value is -0.170. The van der Waals surface area contributed by atoms with Crippen molar-refractivity contribution in [3.8, 4) is 0 Å². The fourth-order valence-corrected chi connectivity index (χ4v) is 5.16. The van der Waals surface area contributed by atoms with Crippen molar-refractivity contribution in [2.75, 3.05) is 12.4 Å². The Morgan fingerprint density at radius 1 is 1.42 bits per heavy atom. The molecular formula is C12H19ClN2O2S2. The average Bonchev–Trinajstić information content (AvgIpc) is 2.84. The van der Waals surface area contributed by atoms with Gasteiger partial charge in [-0.3, -0.25) is 0 Å². The van der Waals surface area contributed by atoms with Gasteiger partial charge >= 0.3 is 0 Å². The molecule has 1 saturated carbocycles. The van der Waals surface area contributed by atoms with E-state index in [9.17, 15) is 8.42 Å². The van der Waals surface area contributed by atoms with Gasteiger partial charge in [-0.2, -0.15) is 0 Å². The molecule has 1 fully saturated rings. The molecule has 2 unspecified atom stereocenters. The first-order chi connectivity index (χ1) is 9.03. The second-order valence-corrected chi connectivity index (χ2v) is 8.55. The molecular weight excluding hydrogens is 304 g/mol. The van der Waals surface area contributed by atoms with Crippen molar-refractivity contribution in [2.24, 2.45) is 11.8 Å². The predicted octanol–water partition coefficient (Wildman–Crippen LogP) is 2.78. The van der Waals surface area contributed by atoms with Gasteiger partial charge in [0.15, 0.2) is 4.21 Å². The van der Waals surface area contributed by atoms with Crippen LogP contribution in [-0.2, 0) is 10.0 Å². The van der Waals surface area contributed by atoms with Crippen molar-refractivity contribution in [2.45, 2.75) is 36.8 Å². The van der Waals surface area contributed by atoms with Crippen LogP contribution in [0.3, 0.4) is 0 Å². The maximum absolute atomic E-state index is 12.1. The van der Waals surface area contributed by atoms with E-state index < -0.39 is 10.0 Å². The number of hydrogen-bond donors (Lipinski definition) is 1. The summed E-state index contributed by atoms with van der Waals surface area (Å²) in [6.45, 7) is 2.28. The van der Waals surface area contributed by atoms with Crippen molar-refractivity contribution in [3.05, 3.63) is 11.2 Å². The Morgan fingerprint density at radius 2 is 2.11 bits per heavy atom. The molecule has 1 aliphatic rings. The van der Waals surface area contributed by atoms with Crippen molar-refractivity contribution in [1.82, 2.24) is 9.71 Å². The molecule has 19 heavy (non-hydrogen) atoms. The normalized spacial score (nSPS) is 24.5. The van der Waals surface area contributed by atoms with E-state index in [1.165, 1.54) is 30.4 Å². The van der Waals surface area contributed by atoms with Crippen LogP contribution in [0.25, 0.3) is 0 Å². The molecule has 4 nitrogen and oxygen atoms in total. The number of aryl methyl sites for hydroxylation is 1. The molecule has 2 atom stereocenters. The summed E-state index contributed by atoms with van der Waals surface area (Å²) >= 11 is 7.16. The van der Waals surface area contributed by atoms with Crippen LogP contribution in [0.4, 0.5) is 0 Å². The quantitative estimate of drug-likeness (QED) is 0.848. The van der Waals surface area contributed by atoms with Crippen LogP contribution in [0.2, 0.25) is 0 Å². The third-order valence-electron chi connectivity index (χ3n) is 3.67. The van der Waals surface area contributed by atoms with Gasteiger partial charge in [0.1, 0.15) is 0 Å². The van der Waals surface area contributed by atoms with Crippen LogP contribution >= 0.6 is 22.9 Å². The lowest BCUT2D eigenvalue weighted by Gasteiger charge is -2.30. The molecule has 0 spiro atoms. The summed E-state index contributed by atoms with van der Waals surface area (Å²) in [4.78, 5) is 3.99. The second-order valence-electron chi connectivity index (χ2n) is 5.01. The fraction of sp³-hybridized carbons (Fsp3) is 0.750. The summed E-state index contributed by atoms with van der Waals surface area (Å²) in [5.41, 5.74) is 0. The summed E-state index contributed by atoms with van der Waals surface area (Å²) in [5.74, 6) is 1.41. The molecule has 0 bridgehead atoms. The number of alkyl halides is 1. The Kier molecular flexibility index (Phi) is 5.22. The molecule has 2 rings (SSSR count). The van der Waals surface area contributed by atoms with Crippen LogP contribution in [0.1, 0.15) is 30.7 Å². The van der Waals surface area contributed by atoms with E-state index >= 15 is 0 Å². The van der Waals surface area contributed by atoms with Crippen LogP contribution in [0.5, 0.6) is 0 Å². The number of hydrogen-bond acceptors (Lipinski definition) is 4. The van der Waals surface area contributed by atoms with Gasteiger partial charge in [0, 0.05) is 12.4 Å². The van der Waals surface area contributed by atoms with Gasteiger partial charge in [-0.25, -0.2) is 18.1 Å². The molecule has 0 aliphatic heterocycles. The van der Waals surface area contributed by atoms with Crippen LogP contribution in [0.15, 0.2) is 10.4 Å². The zero-order chi connectivity index (χ0) is 13.9. The molecule has 1 aromatic heterocycles.